The van der Waals surface area contributed by atoms with Gasteiger partial charge >= 0.3 is 0 Å². The summed E-state index contributed by atoms with van der Waals surface area (Å²) in [6.45, 7) is 7.71. The summed E-state index contributed by atoms with van der Waals surface area (Å²) in [6, 6.07) is 0. The predicted octanol–water partition coefficient (Wildman–Crippen LogP) is 0.000900. The Bertz CT molecular complexity index is 183. The molecule has 0 aromatic rings. The molecule has 0 unspecified atom stereocenters. The lowest BCUT2D eigenvalue weighted by Crippen LogP contribution is -2.56. The number of nitrogens with one attached hydrogen (secondary N) is 1. The molecule has 0 atom stereocenters. The molecule has 0 aliphatic carbocycles. The highest BCUT2D eigenvalue weighted by Crippen LogP contribution is 2.19. The van der Waals surface area contributed by atoms with Gasteiger partial charge in [0.2, 0.25) is 5.91 Å². The zero-order valence-corrected chi connectivity index (χ0v) is 8.85. The summed E-state index contributed by atoms with van der Waals surface area (Å²) in [7, 11) is 0. The van der Waals surface area contributed by atoms with Crippen molar-refractivity contribution in [1.82, 2.24) is 5.32 Å². The third-order valence-electron chi connectivity index (χ3n) is 2.47. The predicted molar refractivity (Wildman–Crippen MR) is 52.2 cm³/mol. The van der Waals surface area contributed by atoms with Crippen molar-refractivity contribution in [2.24, 2.45) is 5.73 Å². The third kappa shape index (κ3) is 4.24. The van der Waals surface area contributed by atoms with Crippen LogP contribution in [0.1, 0.15) is 34.1 Å². The van der Waals surface area contributed by atoms with Crippen LogP contribution in [0.3, 0.4) is 0 Å². The van der Waals surface area contributed by atoms with Crippen LogP contribution in [0.15, 0.2) is 0 Å². The van der Waals surface area contributed by atoms with E-state index in [9.17, 15) is 9.90 Å². The molecule has 0 saturated carbocycles. The third-order valence-corrected chi connectivity index (χ3v) is 2.47. The van der Waals surface area contributed by atoms with Gasteiger partial charge < -0.3 is 16.2 Å². The quantitative estimate of drug-likeness (QED) is 0.568. The molecule has 0 bridgehead atoms. The van der Waals surface area contributed by atoms with Gasteiger partial charge in [0.15, 0.2) is 0 Å². The molecule has 0 aliphatic heterocycles. The average molecular weight is 188 g/mol. The van der Waals surface area contributed by atoms with Crippen LogP contribution in [-0.4, -0.2) is 28.7 Å². The van der Waals surface area contributed by atoms with Gasteiger partial charge in [0.1, 0.15) is 0 Å². The first-order valence-corrected chi connectivity index (χ1v) is 4.42. The summed E-state index contributed by atoms with van der Waals surface area (Å²) in [4.78, 5) is 10.5. The van der Waals surface area contributed by atoms with E-state index >= 15 is 0 Å². The van der Waals surface area contributed by atoms with E-state index < -0.39 is 11.1 Å². The Morgan fingerprint density at radius 1 is 1.38 bits per heavy atom. The van der Waals surface area contributed by atoms with E-state index in [1.807, 2.05) is 13.8 Å². The first-order chi connectivity index (χ1) is 5.67. The van der Waals surface area contributed by atoms with Crippen LogP contribution >= 0.6 is 0 Å². The van der Waals surface area contributed by atoms with Gasteiger partial charge in [0, 0.05) is 18.5 Å². The minimum absolute atomic E-state index is 0.291. The molecule has 0 aromatic carbocycles. The van der Waals surface area contributed by atoms with E-state index in [2.05, 4.69) is 5.32 Å². The minimum Gasteiger partial charge on any atom is -0.389 e. The standard InChI is InChI=1S/C9H20N2O2/c1-8(2,9(3,4)13)11-6-5-7(10)12/h11,13H,5-6H2,1-4H3,(H2,10,12). The van der Waals surface area contributed by atoms with Gasteiger partial charge in [-0.05, 0) is 27.7 Å². The fraction of sp³-hybridized carbons (Fsp3) is 0.889. The molecule has 0 fully saturated rings. The van der Waals surface area contributed by atoms with Crippen LogP contribution in [0.4, 0.5) is 0 Å². The lowest BCUT2D eigenvalue weighted by Gasteiger charge is -2.38. The summed E-state index contributed by atoms with van der Waals surface area (Å²) in [5.41, 5.74) is 3.73. The molecule has 0 rings (SSSR count). The van der Waals surface area contributed by atoms with Crippen molar-refractivity contribution in [3.63, 3.8) is 0 Å². The summed E-state index contributed by atoms with van der Waals surface area (Å²) in [5.74, 6) is -0.334. The van der Waals surface area contributed by atoms with Crippen LogP contribution in [0.5, 0.6) is 0 Å². The van der Waals surface area contributed by atoms with Crippen molar-refractivity contribution >= 4 is 5.91 Å². The number of nitrogens with two attached hydrogens (primary N) is 1. The minimum atomic E-state index is -0.829. The molecule has 4 N–H and O–H groups in total. The lowest BCUT2D eigenvalue weighted by molar-refractivity contribution is -0.118. The van der Waals surface area contributed by atoms with Crippen LogP contribution in [-0.2, 0) is 4.79 Å². The van der Waals surface area contributed by atoms with Gasteiger partial charge in [0.05, 0.1) is 5.60 Å². The molecule has 13 heavy (non-hydrogen) atoms. The average Bonchev–Trinajstić information content (AvgIpc) is 1.82. The molecule has 0 radical (unpaired) electrons. The number of amides is 1. The Labute approximate surface area is 79.5 Å². The Balaban J connectivity index is 3.97. The van der Waals surface area contributed by atoms with Crippen LogP contribution in [0.25, 0.3) is 0 Å². The number of aliphatic hydroxyl groups is 1. The molecule has 4 nitrogen and oxygen atoms in total. The van der Waals surface area contributed by atoms with E-state index in [1.54, 1.807) is 13.8 Å². The van der Waals surface area contributed by atoms with E-state index in [1.165, 1.54) is 0 Å². The van der Waals surface area contributed by atoms with Gasteiger partial charge in [-0.1, -0.05) is 0 Å². The van der Waals surface area contributed by atoms with E-state index in [0.717, 1.165) is 0 Å². The first kappa shape index (κ1) is 12.4. The van der Waals surface area contributed by atoms with Crippen molar-refractivity contribution in [3.8, 4) is 0 Å². The van der Waals surface area contributed by atoms with Gasteiger partial charge in [0.25, 0.3) is 0 Å². The zero-order valence-electron chi connectivity index (χ0n) is 8.85. The highest BCUT2D eigenvalue weighted by atomic mass is 16.3. The molecule has 0 aliphatic rings. The van der Waals surface area contributed by atoms with Crippen LogP contribution in [0, 0.1) is 0 Å². The smallest absolute Gasteiger partial charge is 0.218 e. The molecular formula is C9H20N2O2. The summed E-state index contributed by atoms with van der Waals surface area (Å²) in [6.07, 6.45) is 0.291. The maximum Gasteiger partial charge on any atom is 0.218 e. The van der Waals surface area contributed by atoms with E-state index in [0.29, 0.717) is 13.0 Å². The molecule has 0 saturated heterocycles. The van der Waals surface area contributed by atoms with E-state index in [4.69, 9.17) is 5.73 Å². The number of primary amides is 1. The molecular weight excluding hydrogens is 168 g/mol. The Hall–Kier alpha value is -0.610. The number of hydrogen-bond acceptors (Lipinski definition) is 3. The lowest BCUT2D eigenvalue weighted by atomic mass is 9.86. The second kappa shape index (κ2) is 4.07. The second-order valence-corrected chi connectivity index (χ2v) is 4.33. The largest absolute Gasteiger partial charge is 0.389 e. The van der Waals surface area contributed by atoms with Crippen molar-refractivity contribution in [3.05, 3.63) is 0 Å². The number of rotatable bonds is 5. The zero-order chi connectivity index (χ0) is 10.7. The van der Waals surface area contributed by atoms with Gasteiger partial charge in [-0.15, -0.1) is 0 Å². The Kier molecular flexibility index (Phi) is 3.88. The highest BCUT2D eigenvalue weighted by Gasteiger charge is 2.34. The number of carbonyl (C=O) groups excluding carboxylic acids is 1. The molecule has 78 valence electrons. The number of carbonyl (C=O) groups is 1. The van der Waals surface area contributed by atoms with Crippen LogP contribution < -0.4 is 11.1 Å². The maximum absolute atomic E-state index is 10.5. The summed E-state index contributed by atoms with van der Waals surface area (Å²) >= 11 is 0. The van der Waals surface area contributed by atoms with Gasteiger partial charge in [-0.2, -0.15) is 0 Å². The van der Waals surface area contributed by atoms with Gasteiger partial charge in [-0.25, -0.2) is 0 Å². The van der Waals surface area contributed by atoms with Crippen LogP contribution in [0.2, 0.25) is 0 Å². The monoisotopic (exact) mass is 188 g/mol. The van der Waals surface area contributed by atoms with Crippen molar-refractivity contribution in [1.29, 1.82) is 0 Å². The van der Waals surface area contributed by atoms with Crippen molar-refractivity contribution < 1.29 is 9.90 Å². The first-order valence-electron chi connectivity index (χ1n) is 4.42. The second-order valence-electron chi connectivity index (χ2n) is 4.33. The maximum atomic E-state index is 10.5. The Morgan fingerprint density at radius 2 is 1.85 bits per heavy atom. The Morgan fingerprint density at radius 3 is 2.15 bits per heavy atom. The summed E-state index contributed by atoms with van der Waals surface area (Å²) < 4.78 is 0. The van der Waals surface area contributed by atoms with Crippen molar-refractivity contribution in [2.75, 3.05) is 6.54 Å². The topological polar surface area (TPSA) is 75.3 Å². The molecule has 0 spiro atoms. The molecule has 0 heterocycles. The fourth-order valence-corrected chi connectivity index (χ4v) is 0.715. The summed E-state index contributed by atoms with van der Waals surface area (Å²) in [5, 5.41) is 12.8. The van der Waals surface area contributed by atoms with Crippen molar-refractivity contribution in [2.45, 2.75) is 45.3 Å². The fourth-order valence-electron chi connectivity index (χ4n) is 0.715. The van der Waals surface area contributed by atoms with E-state index in [-0.39, 0.29) is 5.91 Å². The SMILES string of the molecule is CC(C)(O)C(C)(C)NCCC(N)=O. The normalized spacial score (nSPS) is 13.0. The molecule has 0 aromatic heterocycles. The highest BCUT2D eigenvalue weighted by molar-refractivity contribution is 5.73. The van der Waals surface area contributed by atoms with Gasteiger partial charge in [-0.3, -0.25) is 4.79 Å². The molecule has 4 heteroatoms. The number of hydrogen-bond donors (Lipinski definition) is 3. The molecule has 1 amide bonds.